The third kappa shape index (κ3) is 3.44. The lowest BCUT2D eigenvalue weighted by Crippen LogP contribution is -2.53. The fraction of sp³-hybridized carbons (Fsp3) is 0.625. The first-order valence-corrected chi connectivity index (χ1v) is 7.54. The number of benzene rings is 1. The second-order valence-corrected chi connectivity index (χ2v) is 5.63. The van der Waals surface area contributed by atoms with Gasteiger partial charge in [-0.3, -0.25) is 0 Å². The number of hydrogen-bond acceptors (Lipinski definition) is 5. The van der Waals surface area contributed by atoms with Crippen molar-refractivity contribution in [1.29, 1.82) is 0 Å². The zero-order valence-electron chi connectivity index (χ0n) is 11.9. The van der Waals surface area contributed by atoms with Gasteiger partial charge < -0.3 is 24.4 Å². The molecule has 0 aliphatic carbocycles. The van der Waals surface area contributed by atoms with Gasteiger partial charge in [0.1, 0.15) is 6.10 Å². The Kier molecular flexibility index (Phi) is 4.87. The Bertz CT molecular complexity index is 438. The lowest BCUT2D eigenvalue weighted by molar-refractivity contribution is -0.302. The molecule has 21 heavy (non-hydrogen) atoms. The summed E-state index contributed by atoms with van der Waals surface area (Å²) >= 11 is 0. The SMILES string of the molecule is OCCC[C@@H]1O[C@@H]2CO[C@@H](c3ccccc3)O[C@H]2C[C@H]1O. The molecule has 5 nitrogen and oxygen atoms in total. The van der Waals surface area contributed by atoms with Gasteiger partial charge in [-0.1, -0.05) is 30.3 Å². The molecule has 0 bridgehead atoms. The van der Waals surface area contributed by atoms with Gasteiger partial charge >= 0.3 is 0 Å². The van der Waals surface area contributed by atoms with E-state index in [1.165, 1.54) is 0 Å². The van der Waals surface area contributed by atoms with Gasteiger partial charge in [0, 0.05) is 18.6 Å². The van der Waals surface area contributed by atoms with E-state index < -0.39 is 12.4 Å². The first-order valence-electron chi connectivity index (χ1n) is 7.54. The predicted molar refractivity (Wildman–Crippen MR) is 75.6 cm³/mol. The molecule has 1 aromatic carbocycles. The maximum Gasteiger partial charge on any atom is 0.184 e. The summed E-state index contributed by atoms with van der Waals surface area (Å²) in [5.41, 5.74) is 0.979. The molecular formula is C16H22O5. The maximum atomic E-state index is 10.2. The topological polar surface area (TPSA) is 68.2 Å². The Balaban J connectivity index is 1.61. The van der Waals surface area contributed by atoms with Crippen molar-refractivity contribution in [2.24, 2.45) is 0 Å². The molecule has 2 aliphatic rings. The highest BCUT2D eigenvalue weighted by Crippen LogP contribution is 2.34. The van der Waals surface area contributed by atoms with Crippen molar-refractivity contribution in [1.82, 2.24) is 0 Å². The Labute approximate surface area is 124 Å². The van der Waals surface area contributed by atoms with Crippen molar-refractivity contribution in [2.75, 3.05) is 13.2 Å². The molecule has 2 saturated heterocycles. The van der Waals surface area contributed by atoms with E-state index in [4.69, 9.17) is 19.3 Å². The lowest BCUT2D eigenvalue weighted by Gasteiger charge is -2.44. The van der Waals surface area contributed by atoms with Crippen molar-refractivity contribution in [3.63, 3.8) is 0 Å². The van der Waals surface area contributed by atoms with Crippen LogP contribution in [0.15, 0.2) is 30.3 Å². The van der Waals surface area contributed by atoms with Crippen LogP contribution in [0.1, 0.15) is 31.1 Å². The van der Waals surface area contributed by atoms with Gasteiger partial charge in [-0.15, -0.1) is 0 Å². The quantitative estimate of drug-likeness (QED) is 0.878. The smallest absolute Gasteiger partial charge is 0.184 e. The summed E-state index contributed by atoms with van der Waals surface area (Å²) in [4.78, 5) is 0. The molecule has 5 heteroatoms. The summed E-state index contributed by atoms with van der Waals surface area (Å²) in [6, 6.07) is 9.79. The van der Waals surface area contributed by atoms with E-state index in [1.807, 2.05) is 30.3 Å². The Morgan fingerprint density at radius 3 is 2.67 bits per heavy atom. The van der Waals surface area contributed by atoms with Crippen LogP contribution >= 0.6 is 0 Å². The van der Waals surface area contributed by atoms with Crippen LogP contribution < -0.4 is 0 Å². The van der Waals surface area contributed by atoms with Gasteiger partial charge in [-0.05, 0) is 12.8 Å². The average Bonchev–Trinajstić information content (AvgIpc) is 2.53. The molecule has 2 aliphatic heterocycles. The van der Waals surface area contributed by atoms with E-state index >= 15 is 0 Å². The second kappa shape index (κ2) is 6.85. The highest BCUT2D eigenvalue weighted by Gasteiger charge is 2.42. The van der Waals surface area contributed by atoms with Crippen molar-refractivity contribution < 1.29 is 24.4 Å². The second-order valence-electron chi connectivity index (χ2n) is 5.63. The van der Waals surface area contributed by atoms with Crippen LogP contribution in [-0.2, 0) is 14.2 Å². The van der Waals surface area contributed by atoms with Crippen LogP contribution in [0.25, 0.3) is 0 Å². The fourth-order valence-corrected chi connectivity index (χ4v) is 2.95. The Morgan fingerprint density at radius 1 is 1.10 bits per heavy atom. The summed E-state index contributed by atoms with van der Waals surface area (Å²) in [6.07, 6.45) is 0.369. The molecule has 2 fully saturated rings. The van der Waals surface area contributed by atoms with Crippen LogP contribution in [-0.4, -0.2) is 47.8 Å². The highest BCUT2D eigenvalue weighted by molar-refractivity contribution is 5.16. The highest BCUT2D eigenvalue weighted by atomic mass is 16.7. The lowest BCUT2D eigenvalue weighted by atomic mass is 9.95. The Hall–Kier alpha value is -0.980. The van der Waals surface area contributed by atoms with Gasteiger partial charge in [0.25, 0.3) is 0 Å². The van der Waals surface area contributed by atoms with Gasteiger partial charge in [0.05, 0.1) is 24.9 Å². The number of hydrogen-bond donors (Lipinski definition) is 2. The van der Waals surface area contributed by atoms with E-state index in [9.17, 15) is 5.11 Å². The molecule has 1 aromatic rings. The van der Waals surface area contributed by atoms with E-state index in [-0.39, 0.29) is 24.9 Å². The van der Waals surface area contributed by atoms with E-state index in [0.717, 1.165) is 5.56 Å². The molecule has 0 unspecified atom stereocenters. The van der Waals surface area contributed by atoms with Crippen LogP contribution in [0.4, 0.5) is 0 Å². The van der Waals surface area contributed by atoms with Crippen molar-refractivity contribution in [3.05, 3.63) is 35.9 Å². The third-order valence-corrected chi connectivity index (χ3v) is 4.10. The molecule has 2 N–H and O–H groups in total. The molecule has 0 amide bonds. The zero-order chi connectivity index (χ0) is 14.7. The molecule has 0 radical (unpaired) electrons. The summed E-state index contributed by atoms with van der Waals surface area (Å²) in [6.45, 7) is 0.580. The molecule has 0 aromatic heterocycles. The van der Waals surface area contributed by atoms with Crippen LogP contribution in [0.2, 0.25) is 0 Å². The van der Waals surface area contributed by atoms with Crippen molar-refractivity contribution in [3.8, 4) is 0 Å². The number of aliphatic hydroxyl groups is 2. The van der Waals surface area contributed by atoms with Crippen LogP contribution in [0.5, 0.6) is 0 Å². The number of rotatable bonds is 4. The predicted octanol–water partition coefficient (Wildman–Crippen LogP) is 1.39. The van der Waals surface area contributed by atoms with E-state index in [2.05, 4.69) is 0 Å². The fourth-order valence-electron chi connectivity index (χ4n) is 2.95. The Morgan fingerprint density at radius 2 is 1.90 bits per heavy atom. The summed E-state index contributed by atoms with van der Waals surface area (Å²) in [5, 5.41) is 19.1. The van der Waals surface area contributed by atoms with Gasteiger partial charge in [-0.2, -0.15) is 0 Å². The summed E-state index contributed by atoms with van der Waals surface area (Å²) in [7, 11) is 0. The van der Waals surface area contributed by atoms with Crippen molar-refractivity contribution in [2.45, 2.75) is 50.0 Å². The van der Waals surface area contributed by atoms with Gasteiger partial charge in [0.2, 0.25) is 0 Å². The number of ether oxygens (including phenoxy) is 3. The minimum atomic E-state index is -0.549. The van der Waals surface area contributed by atoms with Crippen LogP contribution in [0.3, 0.4) is 0 Å². The molecule has 116 valence electrons. The van der Waals surface area contributed by atoms with E-state index in [1.54, 1.807) is 0 Å². The average molecular weight is 294 g/mol. The molecule has 0 saturated carbocycles. The zero-order valence-corrected chi connectivity index (χ0v) is 11.9. The standard InChI is InChI=1S/C16H22O5/c17-8-4-7-13-12(18)9-14-15(20-13)10-19-16(21-14)11-5-2-1-3-6-11/h1-3,5-6,12-18H,4,7-10H2/t12-,13+,14+,15-,16-/m1/s1. The molecule has 5 atom stereocenters. The molecule has 2 heterocycles. The van der Waals surface area contributed by atoms with Crippen molar-refractivity contribution >= 4 is 0 Å². The van der Waals surface area contributed by atoms with Gasteiger partial charge in [0.15, 0.2) is 6.29 Å². The molecule has 3 rings (SSSR count). The van der Waals surface area contributed by atoms with Gasteiger partial charge in [-0.25, -0.2) is 0 Å². The molecule has 0 spiro atoms. The first-order chi connectivity index (χ1) is 10.3. The maximum absolute atomic E-state index is 10.2. The third-order valence-electron chi connectivity index (χ3n) is 4.10. The number of fused-ring (bicyclic) bond motifs is 1. The minimum absolute atomic E-state index is 0.115. The minimum Gasteiger partial charge on any atom is -0.396 e. The first kappa shape index (κ1) is 14.9. The monoisotopic (exact) mass is 294 g/mol. The van der Waals surface area contributed by atoms with E-state index in [0.29, 0.717) is 25.9 Å². The summed E-state index contributed by atoms with van der Waals surface area (Å²) < 4.78 is 17.6. The normalized spacial score (nSPS) is 36.2. The molecular weight excluding hydrogens is 272 g/mol. The van der Waals surface area contributed by atoms with Crippen LogP contribution in [0, 0.1) is 0 Å². The largest absolute Gasteiger partial charge is 0.396 e. The summed E-state index contributed by atoms with van der Waals surface area (Å²) in [5.74, 6) is 0. The number of aliphatic hydroxyl groups excluding tert-OH is 2.